The molecule has 2 aromatic rings. The monoisotopic (exact) mass is 394 g/mol. The number of nitrogens with one attached hydrogen (secondary N) is 1. The quantitative estimate of drug-likeness (QED) is 0.548. The third kappa shape index (κ3) is 4.45. The van der Waals surface area contributed by atoms with Crippen LogP contribution in [0, 0.1) is 5.82 Å². The van der Waals surface area contributed by atoms with Crippen molar-refractivity contribution in [1.29, 1.82) is 0 Å². The first-order chi connectivity index (χ1) is 12.6. The fourth-order valence-electron chi connectivity index (χ4n) is 3.09. The molecule has 0 radical (unpaired) electrons. The normalized spacial score (nSPS) is 14.5. The standard InChI is InChI=1S/C18H20ClFN4OS/c1-2-9-24-17(12-5-3-4-6-12)22-23-18(24)26-11-16(25)21-13-7-8-15(20)14(19)10-13/h2,7-8,10,12H,1,3-6,9,11H2,(H,21,25). The summed E-state index contributed by atoms with van der Waals surface area (Å²) in [6.45, 7) is 4.42. The van der Waals surface area contributed by atoms with Crippen LogP contribution in [0.15, 0.2) is 36.0 Å². The van der Waals surface area contributed by atoms with Gasteiger partial charge in [-0.25, -0.2) is 4.39 Å². The smallest absolute Gasteiger partial charge is 0.234 e. The van der Waals surface area contributed by atoms with E-state index in [9.17, 15) is 9.18 Å². The lowest BCUT2D eigenvalue weighted by Gasteiger charge is -2.12. The van der Waals surface area contributed by atoms with E-state index in [0.29, 0.717) is 23.3 Å². The van der Waals surface area contributed by atoms with Gasteiger partial charge in [0.15, 0.2) is 5.16 Å². The van der Waals surface area contributed by atoms with Crippen LogP contribution in [-0.2, 0) is 11.3 Å². The maximum Gasteiger partial charge on any atom is 0.234 e. The lowest BCUT2D eigenvalue weighted by molar-refractivity contribution is -0.113. The zero-order valence-electron chi connectivity index (χ0n) is 14.3. The summed E-state index contributed by atoms with van der Waals surface area (Å²) < 4.78 is 15.2. The van der Waals surface area contributed by atoms with Gasteiger partial charge < -0.3 is 9.88 Å². The molecule has 0 saturated heterocycles. The van der Waals surface area contributed by atoms with E-state index in [1.54, 1.807) is 0 Å². The Bertz CT molecular complexity index is 804. The number of rotatable bonds is 7. The molecule has 1 N–H and O–H groups in total. The van der Waals surface area contributed by atoms with Gasteiger partial charge in [0.25, 0.3) is 0 Å². The number of allylic oxidation sites excluding steroid dienone is 1. The largest absolute Gasteiger partial charge is 0.325 e. The van der Waals surface area contributed by atoms with E-state index in [4.69, 9.17) is 11.6 Å². The molecule has 0 unspecified atom stereocenters. The summed E-state index contributed by atoms with van der Waals surface area (Å²) in [5.74, 6) is 0.862. The summed E-state index contributed by atoms with van der Waals surface area (Å²) >= 11 is 7.05. The maximum absolute atomic E-state index is 13.2. The minimum Gasteiger partial charge on any atom is -0.325 e. The number of hydrogen-bond donors (Lipinski definition) is 1. The van der Waals surface area contributed by atoms with Gasteiger partial charge in [0.05, 0.1) is 10.8 Å². The molecule has 1 aromatic carbocycles. The van der Waals surface area contributed by atoms with Crippen LogP contribution in [0.2, 0.25) is 5.02 Å². The second-order valence-corrected chi connectivity index (χ2v) is 7.54. The van der Waals surface area contributed by atoms with Crippen molar-refractivity contribution in [1.82, 2.24) is 14.8 Å². The summed E-state index contributed by atoms with van der Waals surface area (Å²) in [5, 5.41) is 12.0. The highest BCUT2D eigenvalue weighted by molar-refractivity contribution is 7.99. The summed E-state index contributed by atoms with van der Waals surface area (Å²) in [6.07, 6.45) is 6.51. The van der Waals surface area contributed by atoms with Gasteiger partial charge in [0, 0.05) is 18.2 Å². The van der Waals surface area contributed by atoms with Gasteiger partial charge in [-0.3, -0.25) is 4.79 Å². The lowest BCUT2D eigenvalue weighted by atomic mass is 10.1. The van der Waals surface area contributed by atoms with E-state index < -0.39 is 5.82 Å². The van der Waals surface area contributed by atoms with E-state index >= 15 is 0 Å². The lowest BCUT2D eigenvalue weighted by Crippen LogP contribution is -2.15. The van der Waals surface area contributed by atoms with E-state index in [1.165, 1.54) is 42.8 Å². The number of amides is 1. The molecule has 0 spiro atoms. The summed E-state index contributed by atoms with van der Waals surface area (Å²) in [7, 11) is 0. The van der Waals surface area contributed by atoms with Gasteiger partial charge in [0.2, 0.25) is 5.91 Å². The van der Waals surface area contributed by atoms with Crippen LogP contribution < -0.4 is 5.32 Å². The Kier molecular flexibility index (Phi) is 6.32. The van der Waals surface area contributed by atoms with E-state index in [0.717, 1.165) is 18.7 Å². The van der Waals surface area contributed by atoms with Crippen molar-refractivity contribution in [2.75, 3.05) is 11.1 Å². The van der Waals surface area contributed by atoms with Crippen molar-refractivity contribution in [3.8, 4) is 0 Å². The average molecular weight is 395 g/mol. The zero-order chi connectivity index (χ0) is 18.5. The topological polar surface area (TPSA) is 59.8 Å². The van der Waals surface area contributed by atoms with Gasteiger partial charge in [-0.1, -0.05) is 42.3 Å². The van der Waals surface area contributed by atoms with Gasteiger partial charge in [-0.2, -0.15) is 0 Å². The molecule has 26 heavy (non-hydrogen) atoms. The van der Waals surface area contributed by atoms with Crippen molar-refractivity contribution in [2.24, 2.45) is 0 Å². The van der Waals surface area contributed by atoms with Gasteiger partial charge in [0.1, 0.15) is 11.6 Å². The molecule has 1 fully saturated rings. The van der Waals surface area contributed by atoms with E-state index in [1.807, 2.05) is 10.6 Å². The number of nitrogens with zero attached hydrogens (tertiary/aromatic N) is 3. The summed E-state index contributed by atoms with van der Waals surface area (Å²) in [6, 6.07) is 4.08. The SMILES string of the molecule is C=CCn1c(SCC(=O)Nc2ccc(F)c(Cl)c2)nnc1C1CCCC1. The first kappa shape index (κ1) is 18.9. The number of hydrogen-bond acceptors (Lipinski definition) is 4. The third-order valence-electron chi connectivity index (χ3n) is 4.31. The molecule has 5 nitrogen and oxygen atoms in total. The minimum atomic E-state index is -0.518. The molecule has 1 aliphatic carbocycles. The molecule has 1 amide bonds. The Morgan fingerprint density at radius 1 is 1.42 bits per heavy atom. The first-order valence-electron chi connectivity index (χ1n) is 8.50. The Labute approximate surface area is 161 Å². The molecule has 3 rings (SSSR count). The highest BCUT2D eigenvalue weighted by atomic mass is 35.5. The number of carbonyl (C=O) groups is 1. The number of anilines is 1. The zero-order valence-corrected chi connectivity index (χ0v) is 15.8. The summed E-state index contributed by atoms with van der Waals surface area (Å²) in [4.78, 5) is 12.2. The van der Waals surface area contributed by atoms with Crippen LogP contribution in [0.1, 0.15) is 37.4 Å². The number of aromatic nitrogens is 3. The number of carbonyl (C=O) groups excluding carboxylic acids is 1. The number of halogens is 2. The predicted octanol–water partition coefficient (Wildman–Crippen LogP) is 4.65. The molecule has 0 bridgehead atoms. The second-order valence-electron chi connectivity index (χ2n) is 6.19. The number of thioether (sulfide) groups is 1. The van der Waals surface area contributed by atoms with Crippen LogP contribution in [0.4, 0.5) is 10.1 Å². The molecule has 1 aliphatic rings. The van der Waals surface area contributed by atoms with Crippen LogP contribution in [-0.4, -0.2) is 26.4 Å². The molecule has 0 aliphatic heterocycles. The van der Waals surface area contributed by atoms with Crippen molar-refractivity contribution in [2.45, 2.75) is 43.3 Å². The van der Waals surface area contributed by atoms with Crippen LogP contribution >= 0.6 is 23.4 Å². The molecule has 8 heteroatoms. The van der Waals surface area contributed by atoms with Gasteiger partial charge in [-0.05, 0) is 31.0 Å². The van der Waals surface area contributed by atoms with E-state index in [-0.39, 0.29) is 16.7 Å². The van der Waals surface area contributed by atoms with Gasteiger partial charge in [-0.15, -0.1) is 16.8 Å². The highest BCUT2D eigenvalue weighted by Crippen LogP contribution is 2.34. The third-order valence-corrected chi connectivity index (χ3v) is 5.57. The molecule has 138 valence electrons. The molecule has 0 atom stereocenters. The average Bonchev–Trinajstić information content (AvgIpc) is 3.26. The van der Waals surface area contributed by atoms with Crippen molar-refractivity contribution in [3.63, 3.8) is 0 Å². The minimum absolute atomic E-state index is 0.0256. The molecule has 1 aromatic heterocycles. The second kappa shape index (κ2) is 8.68. The Hall–Kier alpha value is -1.86. The Morgan fingerprint density at radius 2 is 2.19 bits per heavy atom. The van der Waals surface area contributed by atoms with Crippen LogP contribution in [0.5, 0.6) is 0 Å². The fourth-order valence-corrected chi connectivity index (χ4v) is 4.03. The van der Waals surface area contributed by atoms with Crippen molar-refractivity contribution >= 4 is 35.0 Å². The Morgan fingerprint density at radius 3 is 2.88 bits per heavy atom. The van der Waals surface area contributed by atoms with Gasteiger partial charge >= 0.3 is 0 Å². The Balaban J connectivity index is 1.63. The molecule has 1 heterocycles. The summed E-state index contributed by atoms with van der Waals surface area (Å²) in [5.41, 5.74) is 0.459. The maximum atomic E-state index is 13.2. The molecular formula is C18H20ClFN4OS. The highest BCUT2D eigenvalue weighted by Gasteiger charge is 2.24. The van der Waals surface area contributed by atoms with Crippen LogP contribution in [0.3, 0.4) is 0 Å². The molecular weight excluding hydrogens is 375 g/mol. The fraction of sp³-hybridized carbons (Fsp3) is 0.389. The predicted molar refractivity (Wildman–Crippen MR) is 102 cm³/mol. The van der Waals surface area contributed by atoms with Crippen molar-refractivity contribution < 1.29 is 9.18 Å². The first-order valence-corrected chi connectivity index (χ1v) is 9.86. The molecule has 1 saturated carbocycles. The van der Waals surface area contributed by atoms with Crippen LogP contribution in [0.25, 0.3) is 0 Å². The van der Waals surface area contributed by atoms with Crippen molar-refractivity contribution in [3.05, 3.63) is 47.5 Å². The number of benzene rings is 1. The van der Waals surface area contributed by atoms with E-state index in [2.05, 4.69) is 22.1 Å².